The zero-order valence-electron chi connectivity index (χ0n) is 9.64. The number of fused-ring (bicyclic) bond motifs is 1. The summed E-state index contributed by atoms with van der Waals surface area (Å²) in [4.78, 5) is 11.3. The normalized spacial score (nSPS) is 15.9. The summed E-state index contributed by atoms with van der Waals surface area (Å²) in [6, 6.07) is 4.44. The van der Waals surface area contributed by atoms with Crippen LogP contribution in [0.3, 0.4) is 0 Å². The average Bonchev–Trinajstić information content (AvgIpc) is 2.61. The molecule has 0 spiro atoms. The molecule has 2 rings (SSSR count). The monoisotopic (exact) mass is 237 g/mol. The Balaban J connectivity index is 2.26. The molecule has 0 fully saturated rings. The SMILES string of the molecule is COC(=O)C(N)c1ccc2c(c1)OCCCO2. The molecule has 5 nitrogen and oxygen atoms in total. The number of rotatable bonds is 2. The second-order valence-electron chi connectivity index (χ2n) is 3.76. The molecule has 0 saturated carbocycles. The first-order valence-electron chi connectivity index (χ1n) is 5.45. The van der Waals surface area contributed by atoms with Crippen LogP contribution >= 0.6 is 0 Å². The molecule has 0 aromatic heterocycles. The zero-order valence-corrected chi connectivity index (χ0v) is 9.64. The van der Waals surface area contributed by atoms with Crippen LogP contribution in [0.5, 0.6) is 11.5 Å². The molecule has 2 N–H and O–H groups in total. The summed E-state index contributed by atoms with van der Waals surface area (Å²) in [6.45, 7) is 1.24. The first-order valence-corrected chi connectivity index (χ1v) is 5.45. The first kappa shape index (κ1) is 11.7. The number of methoxy groups -OCH3 is 1. The van der Waals surface area contributed by atoms with Crippen molar-refractivity contribution in [3.05, 3.63) is 23.8 Å². The lowest BCUT2D eigenvalue weighted by molar-refractivity contribution is -0.142. The summed E-state index contributed by atoms with van der Waals surface area (Å²) in [6.07, 6.45) is 0.840. The number of ether oxygens (including phenoxy) is 3. The number of esters is 1. The zero-order chi connectivity index (χ0) is 12.3. The lowest BCUT2D eigenvalue weighted by Gasteiger charge is -2.12. The van der Waals surface area contributed by atoms with Crippen LogP contribution in [0.2, 0.25) is 0 Å². The third kappa shape index (κ3) is 2.50. The van der Waals surface area contributed by atoms with Gasteiger partial charge in [0.05, 0.1) is 20.3 Å². The van der Waals surface area contributed by atoms with Crippen LogP contribution in [-0.2, 0) is 9.53 Å². The van der Waals surface area contributed by atoms with E-state index in [0.29, 0.717) is 30.3 Å². The van der Waals surface area contributed by atoms with Crippen molar-refractivity contribution in [3.8, 4) is 11.5 Å². The van der Waals surface area contributed by atoms with Gasteiger partial charge < -0.3 is 19.9 Å². The minimum absolute atomic E-state index is 0.473. The molecule has 0 saturated heterocycles. The molecular weight excluding hydrogens is 222 g/mol. The van der Waals surface area contributed by atoms with Crippen LogP contribution in [0.25, 0.3) is 0 Å². The van der Waals surface area contributed by atoms with Gasteiger partial charge in [0, 0.05) is 6.42 Å². The van der Waals surface area contributed by atoms with Crippen molar-refractivity contribution in [3.63, 3.8) is 0 Å². The molecule has 1 heterocycles. The summed E-state index contributed by atoms with van der Waals surface area (Å²) < 4.78 is 15.6. The maximum atomic E-state index is 11.3. The van der Waals surface area contributed by atoms with Gasteiger partial charge in [-0.2, -0.15) is 0 Å². The number of hydrogen-bond acceptors (Lipinski definition) is 5. The maximum Gasteiger partial charge on any atom is 0.327 e. The Kier molecular flexibility index (Phi) is 3.49. The number of benzene rings is 1. The number of hydrogen-bond donors (Lipinski definition) is 1. The Morgan fingerprint density at radius 3 is 2.76 bits per heavy atom. The fourth-order valence-corrected chi connectivity index (χ4v) is 1.64. The molecule has 1 aromatic carbocycles. The van der Waals surface area contributed by atoms with Crippen molar-refractivity contribution in [1.29, 1.82) is 0 Å². The molecule has 0 bridgehead atoms. The Labute approximate surface area is 99.5 Å². The van der Waals surface area contributed by atoms with Gasteiger partial charge in [-0.25, -0.2) is 0 Å². The summed E-state index contributed by atoms with van der Waals surface area (Å²) >= 11 is 0. The summed E-state index contributed by atoms with van der Waals surface area (Å²) in [5, 5.41) is 0. The summed E-state index contributed by atoms with van der Waals surface area (Å²) in [7, 11) is 1.31. The number of carbonyl (C=O) groups excluding carboxylic acids is 1. The minimum Gasteiger partial charge on any atom is -0.490 e. The number of carbonyl (C=O) groups is 1. The molecule has 1 atom stereocenters. The Bertz CT molecular complexity index is 419. The predicted molar refractivity (Wildman–Crippen MR) is 61.0 cm³/mol. The van der Waals surface area contributed by atoms with Crippen LogP contribution in [0.4, 0.5) is 0 Å². The standard InChI is InChI=1S/C12H15NO4/c1-15-12(14)11(13)8-3-4-9-10(7-8)17-6-2-5-16-9/h3-4,7,11H,2,5-6,13H2,1H3. The third-order valence-electron chi connectivity index (χ3n) is 2.59. The van der Waals surface area contributed by atoms with Crippen molar-refractivity contribution in [2.75, 3.05) is 20.3 Å². The molecule has 17 heavy (non-hydrogen) atoms. The van der Waals surface area contributed by atoms with E-state index in [4.69, 9.17) is 15.2 Å². The highest BCUT2D eigenvalue weighted by Crippen LogP contribution is 2.32. The highest BCUT2D eigenvalue weighted by molar-refractivity contribution is 5.77. The van der Waals surface area contributed by atoms with Crippen LogP contribution in [0.1, 0.15) is 18.0 Å². The van der Waals surface area contributed by atoms with E-state index in [1.54, 1.807) is 18.2 Å². The van der Waals surface area contributed by atoms with Gasteiger partial charge in [0.1, 0.15) is 6.04 Å². The lowest BCUT2D eigenvalue weighted by atomic mass is 10.1. The lowest BCUT2D eigenvalue weighted by Crippen LogP contribution is -2.22. The van der Waals surface area contributed by atoms with E-state index in [1.807, 2.05) is 0 Å². The van der Waals surface area contributed by atoms with Gasteiger partial charge in [0.2, 0.25) is 0 Å². The Morgan fingerprint density at radius 2 is 2.06 bits per heavy atom. The molecule has 92 valence electrons. The minimum atomic E-state index is -0.794. The Morgan fingerprint density at radius 1 is 1.35 bits per heavy atom. The molecule has 5 heteroatoms. The molecule has 1 aliphatic heterocycles. The second-order valence-corrected chi connectivity index (χ2v) is 3.76. The topological polar surface area (TPSA) is 70.8 Å². The smallest absolute Gasteiger partial charge is 0.327 e. The van der Waals surface area contributed by atoms with E-state index in [1.165, 1.54) is 7.11 Å². The summed E-state index contributed by atoms with van der Waals surface area (Å²) in [5.74, 6) is 0.835. The van der Waals surface area contributed by atoms with Gasteiger partial charge in [-0.3, -0.25) is 4.79 Å². The largest absolute Gasteiger partial charge is 0.490 e. The van der Waals surface area contributed by atoms with Crippen LogP contribution in [0, 0.1) is 0 Å². The van der Waals surface area contributed by atoms with Gasteiger partial charge in [-0.15, -0.1) is 0 Å². The van der Waals surface area contributed by atoms with Crippen molar-refractivity contribution >= 4 is 5.97 Å². The molecular formula is C12H15NO4. The van der Waals surface area contributed by atoms with Gasteiger partial charge in [-0.05, 0) is 17.7 Å². The Hall–Kier alpha value is -1.75. The number of nitrogens with two attached hydrogens (primary N) is 1. The van der Waals surface area contributed by atoms with Crippen LogP contribution in [0.15, 0.2) is 18.2 Å². The fraction of sp³-hybridized carbons (Fsp3) is 0.417. The average molecular weight is 237 g/mol. The van der Waals surface area contributed by atoms with Crippen molar-refractivity contribution in [2.24, 2.45) is 5.73 Å². The second kappa shape index (κ2) is 5.05. The van der Waals surface area contributed by atoms with Crippen molar-refractivity contribution < 1.29 is 19.0 Å². The van der Waals surface area contributed by atoms with E-state index in [2.05, 4.69) is 4.74 Å². The highest BCUT2D eigenvalue weighted by Gasteiger charge is 2.19. The van der Waals surface area contributed by atoms with Crippen LogP contribution < -0.4 is 15.2 Å². The molecule has 1 aliphatic rings. The first-order chi connectivity index (χ1) is 8.22. The summed E-state index contributed by atoms with van der Waals surface area (Å²) in [5.41, 5.74) is 6.40. The third-order valence-corrected chi connectivity index (χ3v) is 2.59. The van der Waals surface area contributed by atoms with E-state index in [9.17, 15) is 4.79 Å². The van der Waals surface area contributed by atoms with E-state index in [0.717, 1.165) is 6.42 Å². The van der Waals surface area contributed by atoms with E-state index >= 15 is 0 Å². The van der Waals surface area contributed by atoms with E-state index < -0.39 is 12.0 Å². The molecule has 1 unspecified atom stereocenters. The van der Waals surface area contributed by atoms with Gasteiger partial charge >= 0.3 is 5.97 Å². The molecule has 0 amide bonds. The van der Waals surface area contributed by atoms with E-state index in [-0.39, 0.29) is 0 Å². The molecule has 0 radical (unpaired) electrons. The predicted octanol–water partition coefficient (Wildman–Crippen LogP) is 1.02. The van der Waals surface area contributed by atoms with Crippen molar-refractivity contribution in [2.45, 2.75) is 12.5 Å². The quantitative estimate of drug-likeness (QED) is 0.777. The molecule has 1 aromatic rings. The van der Waals surface area contributed by atoms with Crippen LogP contribution in [-0.4, -0.2) is 26.3 Å². The van der Waals surface area contributed by atoms with Gasteiger partial charge in [-0.1, -0.05) is 6.07 Å². The van der Waals surface area contributed by atoms with Gasteiger partial charge in [0.15, 0.2) is 11.5 Å². The maximum absolute atomic E-state index is 11.3. The fourth-order valence-electron chi connectivity index (χ4n) is 1.64. The van der Waals surface area contributed by atoms with Gasteiger partial charge in [0.25, 0.3) is 0 Å². The molecule has 0 aliphatic carbocycles. The highest BCUT2D eigenvalue weighted by atomic mass is 16.5. The van der Waals surface area contributed by atoms with Crippen molar-refractivity contribution in [1.82, 2.24) is 0 Å².